The van der Waals surface area contributed by atoms with E-state index in [2.05, 4.69) is 38.2 Å². The van der Waals surface area contributed by atoms with E-state index in [-0.39, 0.29) is 56.7 Å². The van der Waals surface area contributed by atoms with Gasteiger partial charge in [0.1, 0.15) is 22.2 Å². The second kappa shape index (κ2) is 10.0. The third-order valence-corrected chi connectivity index (χ3v) is 9.52. The van der Waals surface area contributed by atoms with Crippen molar-refractivity contribution in [3.05, 3.63) is 40.7 Å². The van der Waals surface area contributed by atoms with Crippen LogP contribution in [0.5, 0.6) is 0 Å². The first-order valence-corrected chi connectivity index (χ1v) is 14.9. The number of ether oxygens (including phenoxy) is 2. The van der Waals surface area contributed by atoms with Gasteiger partial charge in [0.05, 0.1) is 35.4 Å². The predicted octanol–water partition coefficient (Wildman–Crippen LogP) is 5.72. The van der Waals surface area contributed by atoms with Gasteiger partial charge in [-0.1, -0.05) is 0 Å². The molecule has 2 unspecified atom stereocenters. The molecule has 3 aliphatic heterocycles. The minimum atomic E-state index is -0.793. The molecular formula is C30H29F2N7O3S. The lowest BCUT2D eigenvalue weighted by Gasteiger charge is -2.28. The Morgan fingerprint density at radius 1 is 1.21 bits per heavy atom. The number of likely N-dealkylation sites (N-methyl/N-ethyl adjacent to an activating group) is 1. The van der Waals surface area contributed by atoms with E-state index in [1.54, 1.807) is 27.0 Å². The highest BCUT2D eigenvalue weighted by Gasteiger charge is 2.40. The number of thiophene rings is 1. The van der Waals surface area contributed by atoms with Crippen LogP contribution in [0.25, 0.3) is 32.2 Å². The zero-order chi connectivity index (χ0) is 30.2. The maximum atomic E-state index is 16.8. The molecule has 10 nitrogen and oxygen atoms in total. The number of carbonyl (C=O) groups excluding carboxylic acids is 1. The number of nitrogens with zero attached hydrogens (tertiary/aromatic N) is 6. The lowest BCUT2D eigenvalue weighted by atomic mass is 9.94. The van der Waals surface area contributed by atoms with Crippen molar-refractivity contribution in [3.63, 3.8) is 0 Å². The summed E-state index contributed by atoms with van der Waals surface area (Å²) in [6, 6.07) is 2.75. The lowest BCUT2D eigenvalue weighted by Crippen LogP contribution is -2.37. The summed E-state index contributed by atoms with van der Waals surface area (Å²) in [7, 11) is 2.12. The number of nitrogens with one attached hydrogen (secondary N) is 1. The normalized spacial score (nSPS) is 20.1. The zero-order valence-electron chi connectivity index (χ0n) is 24.1. The highest BCUT2D eigenvalue weighted by atomic mass is 32.1. The molecule has 7 rings (SSSR count). The zero-order valence-corrected chi connectivity index (χ0v) is 24.9. The highest BCUT2D eigenvalue weighted by Crippen LogP contribution is 2.46. The molecule has 6 heterocycles. The second-order valence-corrected chi connectivity index (χ2v) is 13.3. The number of benzene rings is 1. The maximum absolute atomic E-state index is 16.8. The number of anilines is 2. The van der Waals surface area contributed by atoms with Crippen molar-refractivity contribution in [2.45, 2.75) is 64.5 Å². The average molecular weight is 606 g/mol. The molecule has 222 valence electrons. The van der Waals surface area contributed by atoms with Crippen LogP contribution in [0, 0.1) is 23.0 Å². The predicted molar refractivity (Wildman–Crippen MR) is 158 cm³/mol. The summed E-state index contributed by atoms with van der Waals surface area (Å²) >= 11 is 0.870. The van der Waals surface area contributed by atoms with Crippen LogP contribution < -0.4 is 10.2 Å². The van der Waals surface area contributed by atoms with Crippen LogP contribution in [0.3, 0.4) is 0 Å². The number of pyridine rings is 1. The Kier molecular flexibility index (Phi) is 6.50. The molecule has 3 aliphatic rings. The Hall–Kier alpha value is -3.99. The van der Waals surface area contributed by atoms with E-state index < -0.39 is 23.3 Å². The van der Waals surface area contributed by atoms with Crippen LogP contribution in [-0.2, 0) is 22.7 Å². The Morgan fingerprint density at radius 3 is 2.74 bits per heavy atom. The number of amides is 1. The van der Waals surface area contributed by atoms with E-state index in [9.17, 15) is 10.1 Å². The summed E-state index contributed by atoms with van der Waals surface area (Å²) < 4.78 is 43.1. The summed E-state index contributed by atoms with van der Waals surface area (Å²) in [5.41, 5.74) is 0.783. The summed E-state index contributed by atoms with van der Waals surface area (Å²) in [6.07, 6.45) is 3.86. The number of rotatable bonds is 3. The number of nitriles is 1. The lowest BCUT2D eigenvalue weighted by molar-refractivity contribution is 0.0636. The standard InChI is InChI=1S/C30H29F2N7O3S/c1-30(2,3)42-29(40)37-27-16(8-33)22-25(34-10-20(31)26(22)43-27)21-19-13-41-12-18(19)17-9-35-28(36-24(17)23(21)32)39-11-15-7-14(39)5-6-38(15)4/h9-10,14-15H,5-7,11-13H2,1-4H3,(H,37,40). The van der Waals surface area contributed by atoms with Gasteiger partial charge >= 0.3 is 6.09 Å². The Labute approximate surface area is 250 Å². The van der Waals surface area contributed by atoms with Gasteiger partial charge in [0.15, 0.2) is 11.6 Å². The molecule has 43 heavy (non-hydrogen) atoms. The van der Waals surface area contributed by atoms with Gasteiger partial charge in [-0.25, -0.2) is 23.5 Å². The summed E-state index contributed by atoms with van der Waals surface area (Å²) in [5, 5.41) is 13.5. The van der Waals surface area contributed by atoms with Crippen LogP contribution in [0.1, 0.15) is 50.3 Å². The van der Waals surface area contributed by atoms with Crippen LogP contribution in [0.4, 0.5) is 24.5 Å². The maximum Gasteiger partial charge on any atom is 0.412 e. The molecule has 0 spiro atoms. The first kappa shape index (κ1) is 27.8. The molecule has 0 saturated carbocycles. The van der Waals surface area contributed by atoms with Gasteiger partial charge in [-0.15, -0.1) is 11.3 Å². The summed E-state index contributed by atoms with van der Waals surface area (Å²) in [4.78, 5) is 30.8. The molecule has 2 fully saturated rings. The van der Waals surface area contributed by atoms with E-state index in [4.69, 9.17) is 14.5 Å². The third-order valence-electron chi connectivity index (χ3n) is 8.41. The van der Waals surface area contributed by atoms with Crippen LogP contribution in [-0.4, -0.2) is 63.8 Å². The number of halogens is 2. The van der Waals surface area contributed by atoms with Crippen LogP contribution in [0.15, 0.2) is 12.4 Å². The largest absolute Gasteiger partial charge is 0.444 e. The Bertz CT molecular complexity index is 1870. The fourth-order valence-electron chi connectivity index (χ4n) is 6.40. The molecule has 2 saturated heterocycles. The van der Waals surface area contributed by atoms with Crippen molar-refractivity contribution in [2.75, 3.05) is 30.4 Å². The van der Waals surface area contributed by atoms with Crippen LogP contribution in [0.2, 0.25) is 0 Å². The molecule has 13 heteroatoms. The highest BCUT2D eigenvalue weighted by molar-refractivity contribution is 7.23. The Balaban J connectivity index is 1.40. The molecule has 1 amide bonds. The summed E-state index contributed by atoms with van der Waals surface area (Å²) in [6.45, 7) is 7.21. The smallest absolute Gasteiger partial charge is 0.412 e. The number of carbonyl (C=O) groups is 1. The fourth-order valence-corrected chi connectivity index (χ4v) is 7.44. The van der Waals surface area contributed by atoms with Gasteiger partial charge < -0.3 is 19.3 Å². The molecule has 4 aromatic rings. The van der Waals surface area contributed by atoms with Crippen molar-refractivity contribution in [2.24, 2.45) is 0 Å². The summed E-state index contributed by atoms with van der Waals surface area (Å²) in [5.74, 6) is -0.867. The van der Waals surface area contributed by atoms with Gasteiger partial charge in [0, 0.05) is 47.7 Å². The van der Waals surface area contributed by atoms with Gasteiger partial charge in [0.2, 0.25) is 5.95 Å². The first-order valence-electron chi connectivity index (χ1n) is 14.1. The molecule has 1 N–H and O–H groups in total. The van der Waals surface area contributed by atoms with E-state index in [1.807, 2.05) is 0 Å². The number of hydrogen-bond acceptors (Lipinski definition) is 10. The number of piperidine rings is 1. The van der Waals surface area contributed by atoms with E-state index in [1.165, 1.54) is 0 Å². The number of fused-ring (bicyclic) bond motifs is 6. The van der Waals surface area contributed by atoms with Gasteiger partial charge in [-0.3, -0.25) is 10.3 Å². The van der Waals surface area contributed by atoms with E-state index in [0.29, 0.717) is 22.9 Å². The molecule has 2 bridgehead atoms. The third kappa shape index (κ3) is 4.56. The topological polar surface area (TPSA) is 116 Å². The monoisotopic (exact) mass is 605 g/mol. The van der Waals surface area contributed by atoms with Crippen molar-refractivity contribution in [1.29, 1.82) is 5.26 Å². The number of likely N-dealkylation sites (tertiary alicyclic amines) is 1. The fraction of sp³-hybridized carbons (Fsp3) is 0.433. The Morgan fingerprint density at radius 2 is 2.00 bits per heavy atom. The minimum absolute atomic E-state index is 0.0307. The first-order chi connectivity index (χ1) is 20.5. The molecule has 0 radical (unpaired) electrons. The molecule has 2 atom stereocenters. The van der Waals surface area contributed by atoms with Gasteiger partial charge in [-0.05, 0) is 51.8 Å². The molecule has 1 aromatic carbocycles. The molecule has 3 aromatic heterocycles. The SMILES string of the molecule is CN1CCC2CC1CN2c1ncc2c3c(c(-c4ncc(F)c5sc(NC(=O)OC(C)(C)C)c(C#N)c45)c(F)c2n1)COC3. The van der Waals surface area contributed by atoms with Gasteiger partial charge in [0.25, 0.3) is 0 Å². The van der Waals surface area contributed by atoms with E-state index >= 15 is 8.78 Å². The van der Waals surface area contributed by atoms with Crippen molar-refractivity contribution >= 4 is 49.4 Å². The second-order valence-electron chi connectivity index (χ2n) is 12.2. The van der Waals surface area contributed by atoms with E-state index in [0.717, 1.165) is 49.0 Å². The van der Waals surface area contributed by atoms with Crippen molar-refractivity contribution in [3.8, 4) is 17.3 Å². The van der Waals surface area contributed by atoms with Crippen LogP contribution >= 0.6 is 11.3 Å². The number of hydrogen-bond donors (Lipinski definition) is 1. The van der Waals surface area contributed by atoms with Crippen molar-refractivity contribution < 1.29 is 23.0 Å². The number of aromatic nitrogens is 3. The quantitative estimate of drug-likeness (QED) is 0.313. The van der Waals surface area contributed by atoms with Crippen molar-refractivity contribution in [1.82, 2.24) is 19.9 Å². The average Bonchev–Trinajstić information content (AvgIpc) is 3.67. The van der Waals surface area contributed by atoms with Gasteiger partial charge in [-0.2, -0.15) is 5.26 Å². The minimum Gasteiger partial charge on any atom is -0.444 e. The molecular weight excluding hydrogens is 576 g/mol. The molecule has 0 aliphatic carbocycles.